The molecular formula is C8H12N2O3. The number of ether oxygens (including phenoxy) is 1. The first-order chi connectivity index (χ1) is 6.10. The van der Waals surface area contributed by atoms with Gasteiger partial charge in [0, 0.05) is 0 Å². The molecule has 1 atom stereocenters. The zero-order valence-corrected chi connectivity index (χ0v) is 7.40. The molecule has 0 aromatic rings. The number of nitrogens with zero attached hydrogens (tertiary/aromatic N) is 2. The Hall–Kier alpha value is -1.14. The molecule has 0 amide bonds. The summed E-state index contributed by atoms with van der Waals surface area (Å²) < 4.78 is 4.79. The van der Waals surface area contributed by atoms with Crippen molar-refractivity contribution >= 4 is 0 Å². The predicted octanol–water partition coefficient (Wildman–Crippen LogP) is -0.590. The van der Waals surface area contributed by atoms with Crippen molar-refractivity contribution in [2.24, 2.45) is 5.41 Å². The lowest BCUT2D eigenvalue weighted by Gasteiger charge is -2.19. The third-order valence-corrected chi connectivity index (χ3v) is 1.64. The molecule has 0 aliphatic heterocycles. The van der Waals surface area contributed by atoms with Gasteiger partial charge in [0.15, 0.2) is 5.41 Å². The van der Waals surface area contributed by atoms with E-state index in [-0.39, 0.29) is 19.8 Å². The molecule has 0 aliphatic rings. The summed E-state index contributed by atoms with van der Waals surface area (Å²) in [5.41, 5.74) is -1.45. The molecule has 0 radical (unpaired) electrons. The normalized spacial score (nSPS) is 13.0. The SMILES string of the molecule is CC(C#N)(C#N)C(O)COCCO. The predicted molar refractivity (Wildman–Crippen MR) is 43.2 cm³/mol. The maximum atomic E-state index is 9.34. The molecule has 0 spiro atoms. The van der Waals surface area contributed by atoms with E-state index in [9.17, 15) is 5.11 Å². The molecule has 0 rings (SSSR count). The van der Waals surface area contributed by atoms with Gasteiger partial charge in [-0.3, -0.25) is 0 Å². The maximum Gasteiger partial charge on any atom is 0.168 e. The number of hydrogen-bond acceptors (Lipinski definition) is 5. The van der Waals surface area contributed by atoms with E-state index < -0.39 is 11.5 Å². The minimum atomic E-state index is -1.45. The van der Waals surface area contributed by atoms with Crippen molar-refractivity contribution in [1.29, 1.82) is 10.5 Å². The van der Waals surface area contributed by atoms with E-state index in [0.717, 1.165) is 0 Å². The lowest BCUT2D eigenvalue weighted by molar-refractivity contribution is -0.00679. The fourth-order valence-corrected chi connectivity index (χ4v) is 0.600. The molecule has 0 saturated carbocycles. The Balaban J connectivity index is 4.04. The molecule has 0 heterocycles. The largest absolute Gasteiger partial charge is 0.394 e. The van der Waals surface area contributed by atoms with Gasteiger partial charge < -0.3 is 14.9 Å². The van der Waals surface area contributed by atoms with Crippen LogP contribution in [0.1, 0.15) is 6.92 Å². The Labute approximate surface area is 76.8 Å². The van der Waals surface area contributed by atoms with Gasteiger partial charge in [-0.25, -0.2) is 0 Å². The Morgan fingerprint density at radius 3 is 2.38 bits per heavy atom. The Kier molecular flexibility index (Phi) is 5.01. The molecule has 0 aromatic heterocycles. The fourth-order valence-electron chi connectivity index (χ4n) is 0.600. The maximum absolute atomic E-state index is 9.34. The summed E-state index contributed by atoms with van der Waals surface area (Å²) in [4.78, 5) is 0. The molecule has 5 heteroatoms. The number of aliphatic hydroxyl groups is 2. The van der Waals surface area contributed by atoms with Crippen LogP contribution in [0, 0.1) is 28.1 Å². The molecule has 5 nitrogen and oxygen atoms in total. The van der Waals surface area contributed by atoms with Gasteiger partial charge in [0.2, 0.25) is 0 Å². The van der Waals surface area contributed by atoms with E-state index in [1.165, 1.54) is 6.92 Å². The average Bonchev–Trinajstić information content (AvgIpc) is 2.17. The van der Waals surface area contributed by atoms with E-state index >= 15 is 0 Å². The van der Waals surface area contributed by atoms with Crippen LogP contribution < -0.4 is 0 Å². The van der Waals surface area contributed by atoms with Crippen LogP contribution in [-0.4, -0.2) is 36.1 Å². The van der Waals surface area contributed by atoms with Gasteiger partial charge in [-0.2, -0.15) is 10.5 Å². The molecule has 13 heavy (non-hydrogen) atoms. The van der Waals surface area contributed by atoms with Gasteiger partial charge in [0.25, 0.3) is 0 Å². The highest BCUT2D eigenvalue weighted by atomic mass is 16.5. The standard InChI is InChI=1S/C8H12N2O3/c1-8(5-9,6-10)7(12)4-13-3-2-11/h7,11-12H,2-4H2,1H3. The second-order valence-corrected chi connectivity index (χ2v) is 2.74. The van der Waals surface area contributed by atoms with Crippen molar-refractivity contribution in [2.45, 2.75) is 13.0 Å². The highest BCUT2D eigenvalue weighted by Gasteiger charge is 2.33. The lowest BCUT2D eigenvalue weighted by Crippen LogP contribution is -2.33. The van der Waals surface area contributed by atoms with Crippen LogP contribution in [0.3, 0.4) is 0 Å². The molecule has 2 N–H and O–H groups in total. The average molecular weight is 184 g/mol. The van der Waals surface area contributed by atoms with E-state index in [1.807, 2.05) is 0 Å². The Bertz CT molecular complexity index is 215. The molecule has 1 unspecified atom stereocenters. The summed E-state index contributed by atoms with van der Waals surface area (Å²) in [7, 11) is 0. The summed E-state index contributed by atoms with van der Waals surface area (Å²) in [6.45, 7) is 1.14. The van der Waals surface area contributed by atoms with Crippen LogP contribution in [0.15, 0.2) is 0 Å². The number of aliphatic hydroxyl groups excluding tert-OH is 2. The van der Waals surface area contributed by atoms with Crippen LogP contribution in [0.2, 0.25) is 0 Å². The minimum absolute atomic E-state index is 0.0873. The van der Waals surface area contributed by atoms with Gasteiger partial charge in [-0.15, -0.1) is 0 Å². The highest BCUT2D eigenvalue weighted by Crippen LogP contribution is 2.19. The summed E-state index contributed by atoms with van der Waals surface area (Å²) in [5, 5.41) is 34.9. The van der Waals surface area contributed by atoms with E-state index in [1.54, 1.807) is 12.1 Å². The van der Waals surface area contributed by atoms with Gasteiger partial charge in [-0.1, -0.05) is 0 Å². The smallest absolute Gasteiger partial charge is 0.168 e. The first-order valence-corrected chi connectivity index (χ1v) is 3.80. The van der Waals surface area contributed by atoms with Crippen LogP contribution >= 0.6 is 0 Å². The summed E-state index contributed by atoms with van der Waals surface area (Å²) in [6, 6.07) is 3.40. The minimum Gasteiger partial charge on any atom is -0.394 e. The summed E-state index contributed by atoms with van der Waals surface area (Å²) in [5.74, 6) is 0. The second kappa shape index (κ2) is 5.50. The monoisotopic (exact) mass is 184 g/mol. The molecule has 0 aromatic carbocycles. The van der Waals surface area contributed by atoms with Crippen LogP contribution in [0.4, 0.5) is 0 Å². The van der Waals surface area contributed by atoms with Gasteiger partial charge in [0.05, 0.1) is 32.0 Å². The van der Waals surface area contributed by atoms with Gasteiger partial charge >= 0.3 is 0 Å². The zero-order chi connectivity index (χ0) is 10.3. The van der Waals surface area contributed by atoms with Crippen LogP contribution in [0.5, 0.6) is 0 Å². The van der Waals surface area contributed by atoms with E-state index in [2.05, 4.69) is 0 Å². The Morgan fingerprint density at radius 2 is 2.00 bits per heavy atom. The third-order valence-electron chi connectivity index (χ3n) is 1.64. The van der Waals surface area contributed by atoms with Crippen molar-refractivity contribution in [3.05, 3.63) is 0 Å². The molecule has 0 aliphatic carbocycles. The van der Waals surface area contributed by atoms with Crippen molar-refractivity contribution in [3.8, 4) is 12.1 Å². The number of rotatable bonds is 5. The molecule has 0 saturated heterocycles. The first-order valence-electron chi connectivity index (χ1n) is 3.80. The quantitative estimate of drug-likeness (QED) is 0.556. The number of hydrogen-bond donors (Lipinski definition) is 2. The number of nitriles is 2. The van der Waals surface area contributed by atoms with Crippen LogP contribution in [0.25, 0.3) is 0 Å². The van der Waals surface area contributed by atoms with Gasteiger partial charge in [0.1, 0.15) is 6.10 Å². The van der Waals surface area contributed by atoms with E-state index in [4.69, 9.17) is 20.4 Å². The second-order valence-electron chi connectivity index (χ2n) is 2.74. The van der Waals surface area contributed by atoms with Crippen LogP contribution in [-0.2, 0) is 4.74 Å². The van der Waals surface area contributed by atoms with Crippen molar-refractivity contribution in [3.63, 3.8) is 0 Å². The topological polar surface area (TPSA) is 97.3 Å². The van der Waals surface area contributed by atoms with Crippen molar-refractivity contribution in [2.75, 3.05) is 19.8 Å². The lowest BCUT2D eigenvalue weighted by atomic mass is 9.88. The Morgan fingerprint density at radius 1 is 1.46 bits per heavy atom. The molecule has 0 fully saturated rings. The fraction of sp³-hybridized carbons (Fsp3) is 0.750. The first kappa shape index (κ1) is 11.9. The summed E-state index contributed by atoms with van der Waals surface area (Å²) >= 11 is 0. The van der Waals surface area contributed by atoms with Crippen molar-refractivity contribution in [1.82, 2.24) is 0 Å². The van der Waals surface area contributed by atoms with E-state index in [0.29, 0.717) is 0 Å². The van der Waals surface area contributed by atoms with Crippen molar-refractivity contribution < 1.29 is 14.9 Å². The summed E-state index contributed by atoms with van der Waals surface area (Å²) in [6.07, 6.45) is -1.16. The van der Waals surface area contributed by atoms with Gasteiger partial charge in [-0.05, 0) is 6.92 Å². The molecule has 72 valence electrons. The highest BCUT2D eigenvalue weighted by molar-refractivity contribution is 5.14. The molecule has 0 bridgehead atoms. The third kappa shape index (κ3) is 3.39. The molecular weight excluding hydrogens is 172 g/mol. The zero-order valence-electron chi connectivity index (χ0n) is 7.40.